The number of methoxy groups -OCH3 is 1. The first-order chi connectivity index (χ1) is 17.3. The molecule has 0 saturated heterocycles. The lowest BCUT2D eigenvalue weighted by Crippen LogP contribution is -2.38. The number of fused-ring (bicyclic) bond motifs is 1. The summed E-state index contributed by atoms with van der Waals surface area (Å²) in [4.78, 5) is 34.3. The van der Waals surface area contributed by atoms with Gasteiger partial charge in [0.1, 0.15) is 5.82 Å². The Kier molecular flexibility index (Phi) is 7.87. The highest BCUT2D eigenvalue weighted by Gasteiger charge is 2.28. The molecule has 186 valence electrons. The Morgan fingerprint density at radius 3 is 2.53 bits per heavy atom. The Morgan fingerprint density at radius 2 is 1.81 bits per heavy atom. The SMILES string of the molecule is COCCCN(C(=O)c1ccccc1Cl)C(C)c1nc2ccccc2c(=O)n1-c1ccc(C)cc1C. The number of ether oxygens (including phenoxy) is 1. The van der Waals surface area contributed by atoms with Crippen LogP contribution in [-0.2, 0) is 4.74 Å². The van der Waals surface area contributed by atoms with Crippen LogP contribution in [0.4, 0.5) is 0 Å². The summed E-state index contributed by atoms with van der Waals surface area (Å²) in [6.07, 6.45) is 0.623. The third-order valence-electron chi connectivity index (χ3n) is 6.35. The van der Waals surface area contributed by atoms with Gasteiger partial charge in [-0.15, -0.1) is 0 Å². The molecule has 0 N–H and O–H groups in total. The van der Waals surface area contributed by atoms with Crippen molar-refractivity contribution in [3.63, 3.8) is 0 Å². The van der Waals surface area contributed by atoms with Gasteiger partial charge in [0, 0.05) is 20.3 Å². The van der Waals surface area contributed by atoms with Crippen LogP contribution in [-0.4, -0.2) is 40.6 Å². The zero-order valence-corrected chi connectivity index (χ0v) is 21.7. The molecule has 4 rings (SSSR count). The zero-order valence-electron chi connectivity index (χ0n) is 21.0. The van der Waals surface area contributed by atoms with Gasteiger partial charge in [0.2, 0.25) is 0 Å². The fourth-order valence-corrected chi connectivity index (χ4v) is 4.71. The van der Waals surface area contributed by atoms with Crippen LogP contribution in [0.15, 0.2) is 71.5 Å². The highest BCUT2D eigenvalue weighted by Crippen LogP contribution is 2.28. The number of rotatable bonds is 8. The lowest BCUT2D eigenvalue weighted by molar-refractivity contribution is 0.0657. The maximum absolute atomic E-state index is 13.8. The molecule has 1 aromatic heterocycles. The van der Waals surface area contributed by atoms with Crippen LogP contribution >= 0.6 is 11.6 Å². The first-order valence-corrected chi connectivity index (χ1v) is 12.3. The summed E-state index contributed by atoms with van der Waals surface area (Å²) >= 11 is 6.40. The van der Waals surface area contributed by atoms with Crippen LogP contribution in [0, 0.1) is 13.8 Å². The zero-order chi connectivity index (χ0) is 25.8. The summed E-state index contributed by atoms with van der Waals surface area (Å²) in [7, 11) is 1.63. The standard InChI is InChI=1S/C29H30ClN3O3/c1-19-14-15-26(20(2)18-19)33-27(31-25-13-8-6-11-23(25)29(33)35)21(3)32(16-9-17-36-4)28(34)22-10-5-7-12-24(22)30/h5-8,10-15,18,21H,9,16-17H2,1-4H3. The third kappa shape index (κ3) is 5.06. The van der Waals surface area contributed by atoms with Crippen LogP contribution in [0.2, 0.25) is 5.02 Å². The van der Waals surface area contributed by atoms with E-state index in [0.29, 0.717) is 46.9 Å². The molecule has 0 aliphatic carbocycles. The predicted molar refractivity (Wildman–Crippen MR) is 144 cm³/mol. The third-order valence-corrected chi connectivity index (χ3v) is 6.68. The van der Waals surface area contributed by atoms with E-state index in [1.54, 1.807) is 46.9 Å². The van der Waals surface area contributed by atoms with Crippen molar-refractivity contribution in [2.24, 2.45) is 0 Å². The number of para-hydroxylation sites is 1. The maximum atomic E-state index is 13.8. The van der Waals surface area contributed by atoms with Crippen molar-refractivity contribution in [3.05, 3.63) is 105 Å². The van der Waals surface area contributed by atoms with Crippen LogP contribution in [0.25, 0.3) is 16.6 Å². The molecule has 0 aliphatic heterocycles. The molecular formula is C29H30ClN3O3. The number of amides is 1. The number of carbonyl (C=O) groups excluding carboxylic acids is 1. The smallest absolute Gasteiger partial charge is 0.266 e. The number of aromatic nitrogens is 2. The number of hydrogen-bond donors (Lipinski definition) is 0. The molecule has 1 heterocycles. The number of benzene rings is 3. The van der Waals surface area contributed by atoms with E-state index in [9.17, 15) is 9.59 Å². The second-order valence-electron chi connectivity index (χ2n) is 8.92. The van der Waals surface area contributed by atoms with E-state index in [0.717, 1.165) is 16.8 Å². The highest BCUT2D eigenvalue weighted by molar-refractivity contribution is 6.33. The fraction of sp³-hybridized carbons (Fsp3) is 0.276. The Labute approximate surface area is 216 Å². The van der Waals surface area contributed by atoms with Crippen molar-refractivity contribution in [1.82, 2.24) is 14.5 Å². The highest BCUT2D eigenvalue weighted by atomic mass is 35.5. The van der Waals surface area contributed by atoms with Gasteiger partial charge in [-0.25, -0.2) is 4.98 Å². The molecule has 1 amide bonds. The lowest BCUT2D eigenvalue weighted by atomic mass is 10.1. The number of aryl methyl sites for hydroxylation is 2. The molecule has 0 aliphatic rings. The van der Waals surface area contributed by atoms with Crippen molar-refractivity contribution in [2.45, 2.75) is 33.2 Å². The molecule has 36 heavy (non-hydrogen) atoms. The number of halogens is 1. The molecule has 0 radical (unpaired) electrons. The van der Waals surface area contributed by atoms with Gasteiger partial charge >= 0.3 is 0 Å². The van der Waals surface area contributed by atoms with E-state index in [1.165, 1.54) is 0 Å². The largest absolute Gasteiger partial charge is 0.385 e. The summed E-state index contributed by atoms with van der Waals surface area (Å²) in [6, 6.07) is 19.7. The van der Waals surface area contributed by atoms with E-state index in [-0.39, 0.29) is 11.5 Å². The number of carbonyl (C=O) groups is 1. The monoisotopic (exact) mass is 503 g/mol. The molecule has 0 spiro atoms. The quantitative estimate of drug-likeness (QED) is 0.281. The minimum Gasteiger partial charge on any atom is -0.385 e. The average Bonchev–Trinajstić information content (AvgIpc) is 2.87. The Balaban J connectivity index is 1.92. The van der Waals surface area contributed by atoms with E-state index in [1.807, 2.05) is 57.2 Å². The fourth-order valence-electron chi connectivity index (χ4n) is 4.50. The number of hydrogen-bond acceptors (Lipinski definition) is 4. The summed E-state index contributed by atoms with van der Waals surface area (Å²) in [5, 5.41) is 0.904. The Bertz CT molecular complexity index is 1460. The first-order valence-electron chi connectivity index (χ1n) is 12.0. The minimum absolute atomic E-state index is 0.170. The lowest BCUT2D eigenvalue weighted by Gasteiger charge is -2.31. The predicted octanol–water partition coefficient (Wildman–Crippen LogP) is 5.90. The summed E-state index contributed by atoms with van der Waals surface area (Å²) in [6.45, 7) is 6.80. The van der Waals surface area contributed by atoms with Crippen LogP contribution in [0.1, 0.15) is 46.7 Å². The van der Waals surface area contributed by atoms with Crippen molar-refractivity contribution < 1.29 is 9.53 Å². The van der Waals surface area contributed by atoms with Crippen LogP contribution in [0.3, 0.4) is 0 Å². The molecule has 0 fully saturated rings. The van der Waals surface area contributed by atoms with Crippen molar-refractivity contribution >= 4 is 28.4 Å². The van der Waals surface area contributed by atoms with Crippen LogP contribution < -0.4 is 5.56 Å². The van der Waals surface area contributed by atoms with Gasteiger partial charge in [-0.3, -0.25) is 14.2 Å². The van der Waals surface area contributed by atoms with E-state index >= 15 is 0 Å². The molecule has 0 saturated carbocycles. The van der Waals surface area contributed by atoms with Gasteiger partial charge < -0.3 is 9.64 Å². The molecular weight excluding hydrogens is 474 g/mol. The summed E-state index contributed by atoms with van der Waals surface area (Å²) in [5.41, 5.74) is 3.62. The summed E-state index contributed by atoms with van der Waals surface area (Å²) in [5.74, 6) is 0.266. The van der Waals surface area contributed by atoms with Crippen molar-refractivity contribution in [3.8, 4) is 5.69 Å². The van der Waals surface area contributed by atoms with E-state index in [2.05, 4.69) is 0 Å². The van der Waals surface area contributed by atoms with E-state index in [4.69, 9.17) is 21.3 Å². The van der Waals surface area contributed by atoms with Gasteiger partial charge in [0.15, 0.2) is 0 Å². The summed E-state index contributed by atoms with van der Waals surface area (Å²) < 4.78 is 6.89. The van der Waals surface area contributed by atoms with Gasteiger partial charge in [0.05, 0.1) is 33.2 Å². The first kappa shape index (κ1) is 25.6. The Morgan fingerprint density at radius 1 is 1.08 bits per heavy atom. The van der Waals surface area contributed by atoms with Gasteiger partial charge in [-0.1, -0.05) is 53.6 Å². The van der Waals surface area contributed by atoms with Gasteiger partial charge in [-0.05, 0) is 63.1 Å². The second-order valence-corrected chi connectivity index (χ2v) is 9.33. The van der Waals surface area contributed by atoms with E-state index < -0.39 is 6.04 Å². The Hall–Kier alpha value is -3.48. The normalized spacial score (nSPS) is 12.0. The van der Waals surface area contributed by atoms with Crippen molar-refractivity contribution in [1.29, 1.82) is 0 Å². The molecule has 3 aromatic carbocycles. The average molecular weight is 504 g/mol. The van der Waals surface area contributed by atoms with Gasteiger partial charge in [-0.2, -0.15) is 0 Å². The minimum atomic E-state index is -0.524. The molecule has 4 aromatic rings. The van der Waals surface area contributed by atoms with Crippen molar-refractivity contribution in [2.75, 3.05) is 20.3 Å². The topological polar surface area (TPSA) is 64.4 Å². The van der Waals surface area contributed by atoms with Gasteiger partial charge in [0.25, 0.3) is 11.5 Å². The number of nitrogens with zero attached hydrogens (tertiary/aromatic N) is 3. The molecule has 6 nitrogen and oxygen atoms in total. The maximum Gasteiger partial charge on any atom is 0.266 e. The molecule has 1 unspecified atom stereocenters. The second kappa shape index (κ2) is 11.1. The molecule has 0 bridgehead atoms. The van der Waals surface area contributed by atoms with Crippen LogP contribution in [0.5, 0.6) is 0 Å². The molecule has 1 atom stereocenters. The molecule has 7 heteroatoms.